The van der Waals surface area contributed by atoms with Gasteiger partial charge < -0.3 is 4.90 Å². The zero-order chi connectivity index (χ0) is 35.6. The molecule has 0 aliphatic carbocycles. The van der Waals surface area contributed by atoms with Crippen LogP contribution in [0, 0.1) is 0 Å². The van der Waals surface area contributed by atoms with E-state index < -0.39 is 0 Å². The number of thiophene rings is 1. The maximum atomic E-state index is 2.39. The molecule has 54 heavy (non-hydrogen) atoms. The molecule has 0 bridgehead atoms. The SMILES string of the molecule is c1ccc2c(-c3ccc(N(c4ccc(-c5ccc6ccc7ccc8ccccc8c7c6c5)cc4)c4ccc5sc6ccccc6c5c4)cc3)cccc2c1. The summed E-state index contributed by atoms with van der Waals surface area (Å²) in [6.45, 7) is 0. The molecule has 11 rings (SSSR count). The van der Waals surface area contributed by atoms with Gasteiger partial charge in [-0.25, -0.2) is 0 Å². The van der Waals surface area contributed by atoms with Gasteiger partial charge in [-0.15, -0.1) is 11.3 Å². The molecule has 0 saturated heterocycles. The van der Waals surface area contributed by atoms with Crippen molar-refractivity contribution in [2.45, 2.75) is 0 Å². The Kier molecular flexibility index (Phi) is 7.11. The van der Waals surface area contributed by atoms with Gasteiger partial charge in [-0.05, 0) is 120 Å². The summed E-state index contributed by atoms with van der Waals surface area (Å²) in [7, 11) is 0. The summed E-state index contributed by atoms with van der Waals surface area (Å²) in [4.78, 5) is 2.39. The molecule has 1 aromatic heterocycles. The molecular formula is C52H33NS. The smallest absolute Gasteiger partial charge is 0.0468 e. The molecule has 0 fully saturated rings. The van der Waals surface area contributed by atoms with Crippen LogP contribution in [0.4, 0.5) is 17.1 Å². The quantitative estimate of drug-likeness (QED) is 0.161. The maximum Gasteiger partial charge on any atom is 0.0468 e. The predicted octanol–water partition coefficient (Wildman–Crippen LogP) is 15.5. The van der Waals surface area contributed by atoms with Crippen LogP contribution in [-0.2, 0) is 0 Å². The summed E-state index contributed by atoms with van der Waals surface area (Å²) in [5, 5.41) is 12.8. The first-order valence-corrected chi connectivity index (χ1v) is 19.3. The molecule has 0 spiro atoms. The van der Waals surface area contributed by atoms with Crippen molar-refractivity contribution in [2.75, 3.05) is 4.90 Å². The Bertz CT molecular complexity index is 3200. The minimum atomic E-state index is 1.12. The van der Waals surface area contributed by atoms with Crippen LogP contribution in [-0.4, -0.2) is 0 Å². The van der Waals surface area contributed by atoms with Gasteiger partial charge in [0.1, 0.15) is 0 Å². The van der Waals surface area contributed by atoms with Crippen molar-refractivity contribution in [3.8, 4) is 22.3 Å². The second-order valence-corrected chi connectivity index (χ2v) is 15.2. The Morgan fingerprint density at radius 1 is 0.296 bits per heavy atom. The van der Waals surface area contributed by atoms with Gasteiger partial charge in [0.15, 0.2) is 0 Å². The van der Waals surface area contributed by atoms with Crippen molar-refractivity contribution >= 4 is 91.7 Å². The standard InChI is InChI=1S/C52H33NS/c1-3-11-44-35(8-1)10-7-14-45(44)37-24-28-42(29-25-37)53(43-30-31-51-49(33-43)47-13-5-6-15-50(47)54-51)41-26-22-34(23-27-41)40-21-18-38-17-20-39-19-16-36-9-2-4-12-46(36)52(39)48(38)32-40/h1-33H. The van der Waals surface area contributed by atoms with Crippen LogP contribution >= 0.6 is 11.3 Å². The molecule has 0 radical (unpaired) electrons. The van der Waals surface area contributed by atoms with Gasteiger partial charge >= 0.3 is 0 Å². The van der Waals surface area contributed by atoms with Gasteiger partial charge in [0.25, 0.3) is 0 Å². The third-order valence-corrected chi connectivity index (χ3v) is 12.2. The topological polar surface area (TPSA) is 3.24 Å². The highest BCUT2D eigenvalue weighted by Gasteiger charge is 2.16. The fourth-order valence-corrected chi connectivity index (χ4v) is 9.46. The van der Waals surface area contributed by atoms with E-state index >= 15 is 0 Å². The summed E-state index contributed by atoms with van der Waals surface area (Å²) >= 11 is 1.86. The summed E-state index contributed by atoms with van der Waals surface area (Å²) < 4.78 is 2.62. The molecule has 1 heterocycles. The Morgan fingerprint density at radius 2 is 0.833 bits per heavy atom. The van der Waals surface area contributed by atoms with Gasteiger partial charge in [0, 0.05) is 37.2 Å². The van der Waals surface area contributed by atoms with Crippen molar-refractivity contribution in [3.05, 3.63) is 200 Å². The lowest BCUT2D eigenvalue weighted by molar-refractivity contribution is 1.29. The highest BCUT2D eigenvalue weighted by molar-refractivity contribution is 7.25. The number of fused-ring (bicyclic) bond motifs is 9. The molecule has 0 amide bonds. The van der Waals surface area contributed by atoms with Gasteiger partial charge in [-0.3, -0.25) is 0 Å². The summed E-state index contributed by atoms with van der Waals surface area (Å²) in [5.41, 5.74) is 8.25. The zero-order valence-corrected chi connectivity index (χ0v) is 30.2. The Morgan fingerprint density at radius 3 is 1.61 bits per heavy atom. The molecule has 1 nitrogen and oxygen atoms in total. The first kappa shape index (κ1) is 30.8. The second kappa shape index (κ2) is 12.4. The van der Waals surface area contributed by atoms with Gasteiger partial charge in [-0.2, -0.15) is 0 Å². The number of anilines is 3. The average molecular weight is 704 g/mol. The normalized spacial score (nSPS) is 11.7. The highest BCUT2D eigenvalue weighted by atomic mass is 32.1. The molecule has 0 aliphatic rings. The lowest BCUT2D eigenvalue weighted by atomic mass is 9.94. The van der Waals surface area contributed by atoms with Crippen molar-refractivity contribution in [1.29, 1.82) is 0 Å². The van der Waals surface area contributed by atoms with Crippen LogP contribution in [0.3, 0.4) is 0 Å². The van der Waals surface area contributed by atoms with Crippen LogP contribution in [0.2, 0.25) is 0 Å². The third kappa shape index (κ3) is 5.07. The Balaban J connectivity index is 1.03. The van der Waals surface area contributed by atoms with Crippen LogP contribution in [0.5, 0.6) is 0 Å². The van der Waals surface area contributed by atoms with E-state index in [-0.39, 0.29) is 0 Å². The molecular weight excluding hydrogens is 671 g/mol. The second-order valence-electron chi connectivity index (χ2n) is 14.1. The van der Waals surface area contributed by atoms with Crippen molar-refractivity contribution in [1.82, 2.24) is 0 Å². The van der Waals surface area contributed by atoms with E-state index in [2.05, 4.69) is 205 Å². The first-order chi connectivity index (χ1) is 26.7. The molecule has 11 aromatic rings. The van der Waals surface area contributed by atoms with E-state index in [9.17, 15) is 0 Å². The van der Waals surface area contributed by atoms with Crippen LogP contribution in [0.25, 0.3) is 85.5 Å². The number of nitrogens with zero attached hydrogens (tertiary/aromatic N) is 1. The minimum Gasteiger partial charge on any atom is -0.310 e. The summed E-state index contributed by atoms with van der Waals surface area (Å²) in [6, 6.07) is 73.6. The largest absolute Gasteiger partial charge is 0.310 e. The molecule has 10 aromatic carbocycles. The van der Waals surface area contributed by atoms with Crippen molar-refractivity contribution < 1.29 is 0 Å². The van der Waals surface area contributed by atoms with Crippen LogP contribution < -0.4 is 4.90 Å². The molecule has 252 valence electrons. The minimum absolute atomic E-state index is 1.12. The van der Waals surface area contributed by atoms with Gasteiger partial charge in [0.2, 0.25) is 0 Å². The third-order valence-electron chi connectivity index (χ3n) is 11.0. The predicted molar refractivity (Wildman–Crippen MR) is 235 cm³/mol. The van der Waals surface area contributed by atoms with E-state index in [1.54, 1.807) is 0 Å². The number of rotatable bonds is 5. The lowest BCUT2D eigenvalue weighted by Crippen LogP contribution is -2.09. The van der Waals surface area contributed by atoms with E-state index in [0.29, 0.717) is 0 Å². The van der Waals surface area contributed by atoms with E-state index in [0.717, 1.165) is 17.1 Å². The first-order valence-electron chi connectivity index (χ1n) is 18.5. The molecule has 0 atom stereocenters. The fourth-order valence-electron chi connectivity index (χ4n) is 8.38. The van der Waals surface area contributed by atoms with Crippen LogP contribution in [0.15, 0.2) is 200 Å². The highest BCUT2D eigenvalue weighted by Crippen LogP contribution is 2.42. The zero-order valence-electron chi connectivity index (χ0n) is 29.4. The molecule has 0 saturated carbocycles. The summed E-state index contributed by atoms with van der Waals surface area (Å²) in [5.74, 6) is 0. The number of hydrogen-bond donors (Lipinski definition) is 0. The molecule has 2 heteroatoms. The van der Waals surface area contributed by atoms with Crippen molar-refractivity contribution in [2.24, 2.45) is 0 Å². The average Bonchev–Trinajstić information content (AvgIpc) is 3.62. The van der Waals surface area contributed by atoms with Crippen molar-refractivity contribution in [3.63, 3.8) is 0 Å². The van der Waals surface area contributed by atoms with Gasteiger partial charge in [-0.1, -0.05) is 146 Å². The Labute approximate surface area is 317 Å². The van der Waals surface area contributed by atoms with Crippen LogP contribution in [0.1, 0.15) is 0 Å². The molecule has 0 N–H and O–H groups in total. The monoisotopic (exact) mass is 703 g/mol. The molecule has 0 aliphatic heterocycles. The molecule has 0 unspecified atom stereocenters. The number of hydrogen-bond acceptors (Lipinski definition) is 2. The summed E-state index contributed by atoms with van der Waals surface area (Å²) in [6.07, 6.45) is 0. The maximum absolute atomic E-state index is 2.39. The van der Waals surface area contributed by atoms with E-state index in [1.165, 1.54) is 85.5 Å². The lowest BCUT2D eigenvalue weighted by Gasteiger charge is -2.26. The van der Waals surface area contributed by atoms with E-state index in [4.69, 9.17) is 0 Å². The fraction of sp³-hybridized carbons (Fsp3) is 0. The van der Waals surface area contributed by atoms with E-state index in [1.807, 2.05) is 11.3 Å². The Hall–Kier alpha value is -6.74. The van der Waals surface area contributed by atoms with Gasteiger partial charge in [0.05, 0.1) is 0 Å². The number of benzene rings is 10.